The zero-order chi connectivity index (χ0) is 19.3. The Morgan fingerprint density at radius 1 is 1.25 bits per heavy atom. The molecule has 140 valence electrons. The standard InChI is InChI=1S/C20H17FN6O/c1-13-24-18-7-14(4-6-27(18)25-13)19-17(3-2-5-22-19)15-10-23-26(11-15)12-20(21)8-16(28)9-20/h2-7,10-11H,8-9,12H2,1H3. The summed E-state index contributed by atoms with van der Waals surface area (Å²) in [6.07, 6.45) is 7.02. The number of carbonyl (C=O) groups is 1. The van der Waals surface area contributed by atoms with Crippen molar-refractivity contribution in [1.29, 1.82) is 0 Å². The summed E-state index contributed by atoms with van der Waals surface area (Å²) in [5.74, 6) is 0.665. The Morgan fingerprint density at radius 2 is 2.11 bits per heavy atom. The maximum absolute atomic E-state index is 14.4. The van der Waals surface area contributed by atoms with Crippen molar-refractivity contribution in [1.82, 2.24) is 29.4 Å². The fraction of sp³-hybridized carbons (Fsp3) is 0.250. The molecular formula is C20H17FN6O. The van der Waals surface area contributed by atoms with Gasteiger partial charge in [0.15, 0.2) is 5.65 Å². The van der Waals surface area contributed by atoms with Crippen LogP contribution in [0.5, 0.6) is 0 Å². The Kier molecular flexibility index (Phi) is 3.61. The number of halogens is 1. The Balaban J connectivity index is 1.50. The van der Waals surface area contributed by atoms with Gasteiger partial charge < -0.3 is 0 Å². The Bertz CT molecular complexity index is 1200. The predicted octanol–water partition coefficient (Wildman–Crippen LogP) is 3.03. The summed E-state index contributed by atoms with van der Waals surface area (Å²) < 4.78 is 17.7. The number of alkyl halides is 1. The number of rotatable bonds is 4. The Morgan fingerprint density at radius 3 is 2.93 bits per heavy atom. The van der Waals surface area contributed by atoms with Gasteiger partial charge in [-0.25, -0.2) is 13.9 Å². The van der Waals surface area contributed by atoms with Crippen LogP contribution in [0.4, 0.5) is 4.39 Å². The molecule has 0 saturated heterocycles. The molecule has 7 nitrogen and oxygen atoms in total. The molecular weight excluding hydrogens is 359 g/mol. The quantitative estimate of drug-likeness (QED) is 0.547. The highest BCUT2D eigenvalue weighted by atomic mass is 19.1. The van der Waals surface area contributed by atoms with Crippen molar-refractivity contribution >= 4 is 11.4 Å². The van der Waals surface area contributed by atoms with Crippen molar-refractivity contribution in [2.75, 3.05) is 0 Å². The summed E-state index contributed by atoms with van der Waals surface area (Å²) in [5, 5.41) is 8.58. The van der Waals surface area contributed by atoms with Crippen LogP contribution < -0.4 is 0 Å². The Labute approximate surface area is 159 Å². The molecule has 0 N–H and O–H groups in total. The van der Waals surface area contributed by atoms with Crippen molar-refractivity contribution in [3.63, 3.8) is 0 Å². The van der Waals surface area contributed by atoms with Crippen LogP contribution in [-0.2, 0) is 11.3 Å². The number of Topliss-reactive ketones (excluding diaryl/α,β-unsaturated/α-hetero) is 1. The van der Waals surface area contributed by atoms with E-state index in [2.05, 4.69) is 20.2 Å². The molecule has 1 fully saturated rings. The molecule has 0 atom stereocenters. The minimum atomic E-state index is -1.48. The van der Waals surface area contributed by atoms with Crippen LogP contribution >= 0.6 is 0 Å². The van der Waals surface area contributed by atoms with Crippen LogP contribution in [0.25, 0.3) is 28.0 Å². The average molecular weight is 376 g/mol. The molecule has 1 aliphatic carbocycles. The van der Waals surface area contributed by atoms with E-state index in [1.54, 1.807) is 27.8 Å². The van der Waals surface area contributed by atoms with Gasteiger partial charge in [0.2, 0.25) is 0 Å². The molecule has 0 amide bonds. The summed E-state index contributed by atoms with van der Waals surface area (Å²) in [4.78, 5) is 20.1. The molecule has 4 heterocycles. The van der Waals surface area contributed by atoms with E-state index in [0.29, 0.717) is 5.82 Å². The SMILES string of the molecule is Cc1nc2cc(-c3ncccc3-c3cnn(CC4(F)CC(=O)C4)c3)ccn2n1. The number of fused-ring (bicyclic) bond motifs is 1. The summed E-state index contributed by atoms with van der Waals surface area (Å²) in [7, 11) is 0. The molecule has 0 aromatic carbocycles. The lowest BCUT2D eigenvalue weighted by Gasteiger charge is -2.31. The molecule has 0 aliphatic heterocycles. The lowest BCUT2D eigenvalue weighted by Crippen LogP contribution is -2.43. The van der Waals surface area contributed by atoms with Gasteiger partial charge in [0.1, 0.15) is 17.3 Å². The molecule has 0 spiro atoms. The van der Waals surface area contributed by atoms with Gasteiger partial charge in [-0.05, 0) is 25.1 Å². The van der Waals surface area contributed by atoms with Crippen LogP contribution in [-0.4, -0.2) is 40.8 Å². The number of aromatic nitrogens is 6. The van der Waals surface area contributed by atoms with Gasteiger partial charge in [-0.15, -0.1) is 0 Å². The van der Waals surface area contributed by atoms with Gasteiger partial charge in [0.05, 0.1) is 18.4 Å². The number of nitrogens with zero attached hydrogens (tertiary/aromatic N) is 6. The molecule has 0 radical (unpaired) electrons. The smallest absolute Gasteiger partial charge is 0.156 e. The lowest BCUT2D eigenvalue weighted by atomic mass is 9.81. The largest absolute Gasteiger partial charge is 0.299 e. The first-order valence-electron chi connectivity index (χ1n) is 9.01. The maximum Gasteiger partial charge on any atom is 0.156 e. The highest BCUT2D eigenvalue weighted by Crippen LogP contribution is 2.35. The van der Waals surface area contributed by atoms with Crippen LogP contribution in [0.15, 0.2) is 49.1 Å². The van der Waals surface area contributed by atoms with E-state index < -0.39 is 5.67 Å². The van der Waals surface area contributed by atoms with E-state index in [9.17, 15) is 9.18 Å². The maximum atomic E-state index is 14.4. The summed E-state index contributed by atoms with van der Waals surface area (Å²) >= 11 is 0. The van der Waals surface area contributed by atoms with Crippen molar-refractivity contribution in [3.05, 3.63) is 54.9 Å². The predicted molar refractivity (Wildman–Crippen MR) is 100 cm³/mol. The highest BCUT2D eigenvalue weighted by Gasteiger charge is 2.44. The van der Waals surface area contributed by atoms with E-state index >= 15 is 0 Å². The first-order chi connectivity index (χ1) is 13.5. The first kappa shape index (κ1) is 16.7. The van der Waals surface area contributed by atoms with Gasteiger partial charge in [0, 0.05) is 48.1 Å². The van der Waals surface area contributed by atoms with E-state index in [0.717, 1.165) is 28.0 Å². The van der Waals surface area contributed by atoms with Crippen LogP contribution in [0.2, 0.25) is 0 Å². The number of carbonyl (C=O) groups excluding carboxylic acids is 1. The van der Waals surface area contributed by atoms with E-state index in [1.807, 2.05) is 37.4 Å². The number of hydrogen-bond acceptors (Lipinski definition) is 5. The zero-order valence-electron chi connectivity index (χ0n) is 15.2. The third-order valence-electron chi connectivity index (χ3n) is 4.94. The Hall–Kier alpha value is -3.42. The van der Waals surface area contributed by atoms with Crippen molar-refractivity contribution in [2.45, 2.75) is 32.0 Å². The third-order valence-corrected chi connectivity index (χ3v) is 4.94. The van der Waals surface area contributed by atoms with Crippen molar-refractivity contribution in [2.24, 2.45) is 0 Å². The average Bonchev–Trinajstić information content (AvgIpc) is 3.25. The monoisotopic (exact) mass is 376 g/mol. The molecule has 4 aromatic heterocycles. The fourth-order valence-electron chi connectivity index (χ4n) is 3.65. The molecule has 0 unspecified atom stereocenters. The number of aryl methyl sites for hydroxylation is 1. The molecule has 1 aliphatic rings. The van der Waals surface area contributed by atoms with Gasteiger partial charge in [0.25, 0.3) is 0 Å². The normalized spacial score (nSPS) is 15.7. The van der Waals surface area contributed by atoms with Crippen molar-refractivity contribution in [3.8, 4) is 22.4 Å². The minimum Gasteiger partial charge on any atom is -0.299 e. The number of hydrogen-bond donors (Lipinski definition) is 0. The topological polar surface area (TPSA) is 78.0 Å². The molecule has 4 aromatic rings. The zero-order valence-corrected chi connectivity index (χ0v) is 15.2. The molecule has 28 heavy (non-hydrogen) atoms. The van der Waals surface area contributed by atoms with Crippen molar-refractivity contribution < 1.29 is 9.18 Å². The summed E-state index contributed by atoms with van der Waals surface area (Å²) in [6, 6.07) is 7.69. The lowest BCUT2D eigenvalue weighted by molar-refractivity contribution is -0.135. The van der Waals surface area contributed by atoms with E-state index in [4.69, 9.17) is 0 Å². The molecule has 5 rings (SSSR count). The number of pyridine rings is 2. The molecule has 1 saturated carbocycles. The van der Waals surface area contributed by atoms with Gasteiger partial charge >= 0.3 is 0 Å². The van der Waals surface area contributed by atoms with Gasteiger partial charge in [-0.1, -0.05) is 6.07 Å². The third kappa shape index (κ3) is 2.87. The van der Waals surface area contributed by atoms with Gasteiger partial charge in [-0.3, -0.25) is 14.5 Å². The fourth-order valence-corrected chi connectivity index (χ4v) is 3.65. The number of ketones is 1. The first-order valence-corrected chi connectivity index (χ1v) is 9.01. The van der Waals surface area contributed by atoms with Gasteiger partial charge in [-0.2, -0.15) is 10.2 Å². The second-order valence-corrected chi connectivity index (χ2v) is 7.25. The second-order valence-electron chi connectivity index (χ2n) is 7.25. The molecule has 8 heteroatoms. The van der Waals surface area contributed by atoms with E-state index in [-0.39, 0.29) is 25.2 Å². The second kappa shape index (κ2) is 6.05. The van der Waals surface area contributed by atoms with E-state index in [1.165, 1.54) is 0 Å². The molecule has 0 bridgehead atoms. The van der Waals surface area contributed by atoms with Crippen LogP contribution in [0.1, 0.15) is 18.7 Å². The summed E-state index contributed by atoms with van der Waals surface area (Å²) in [5.41, 5.74) is 2.71. The van der Waals surface area contributed by atoms with Crippen LogP contribution in [0.3, 0.4) is 0 Å². The van der Waals surface area contributed by atoms with Crippen LogP contribution in [0, 0.1) is 6.92 Å². The minimum absolute atomic E-state index is 0.0296. The summed E-state index contributed by atoms with van der Waals surface area (Å²) in [6.45, 7) is 1.93. The highest BCUT2D eigenvalue weighted by molar-refractivity contribution is 5.87.